The van der Waals surface area contributed by atoms with E-state index in [4.69, 9.17) is 4.98 Å². The van der Waals surface area contributed by atoms with Gasteiger partial charge in [0.2, 0.25) is 0 Å². The topological polar surface area (TPSA) is 69.5 Å². The third-order valence-corrected chi connectivity index (χ3v) is 4.86. The summed E-state index contributed by atoms with van der Waals surface area (Å²) < 4.78 is 0. The average Bonchev–Trinajstić information content (AvgIpc) is 2.65. The number of aryl methyl sites for hydroxylation is 1. The maximum absolute atomic E-state index is 10.1. The van der Waals surface area contributed by atoms with E-state index in [-0.39, 0.29) is 11.5 Å². The van der Waals surface area contributed by atoms with Gasteiger partial charge in [0.1, 0.15) is 11.5 Å². The maximum Gasteiger partial charge on any atom is 0.159 e. The van der Waals surface area contributed by atoms with Crippen molar-refractivity contribution in [2.75, 3.05) is 6.54 Å². The Balaban J connectivity index is 1.54. The molecule has 5 heteroatoms. The van der Waals surface area contributed by atoms with Crippen molar-refractivity contribution in [1.29, 1.82) is 0 Å². The van der Waals surface area contributed by atoms with Crippen LogP contribution in [0.4, 0.5) is 0 Å². The van der Waals surface area contributed by atoms with Gasteiger partial charge >= 0.3 is 0 Å². The van der Waals surface area contributed by atoms with Crippen molar-refractivity contribution in [2.45, 2.75) is 26.4 Å². The molecule has 0 aliphatic carbocycles. The van der Waals surface area contributed by atoms with Crippen molar-refractivity contribution in [3.8, 4) is 22.9 Å². The van der Waals surface area contributed by atoms with Crippen LogP contribution >= 0.6 is 0 Å². The fourth-order valence-electron chi connectivity index (χ4n) is 3.44. The van der Waals surface area contributed by atoms with E-state index in [1.165, 1.54) is 6.07 Å². The molecule has 5 nitrogen and oxygen atoms in total. The van der Waals surface area contributed by atoms with Crippen LogP contribution in [0.25, 0.3) is 11.4 Å². The Morgan fingerprint density at radius 3 is 2.69 bits per heavy atom. The monoisotopic (exact) mass is 347 g/mol. The molecule has 0 saturated heterocycles. The summed E-state index contributed by atoms with van der Waals surface area (Å²) in [6, 6.07) is 13.1. The van der Waals surface area contributed by atoms with Gasteiger partial charge in [-0.15, -0.1) is 0 Å². The first-order valence-electron chi connectivity index (χ1n) is 8.74. The molecule has 1 aliphatic rings. The SMILES string of the molecule is Cc1cc(O)cc(O)c1CN1CCc2nc(-c3ccccc3)ncc2C1. The molecule has 26 heavy (non-hydrogen) atoms. The summed E-state index contributed by atoms with van der Waals surface area (Å²) in [6.07, 6.45) is 2.77. The van der Waals surface area contributed by atoms with Crippen LogP contribution in [0.15, 0.2) is 48.7 Å². The molecule has 132 valence electrons. The molecular formula is C21H21N3O2. The molecule has 1 aromatic heterocycles. The standard InChI is InChI=1S/C21H21N3O2/c1-14-9-17(25)10-20(26)18(14)13-24-8-7-19-16(12-24)11-22-21(23-19)15-5-3-2-4-6-15/h2-6,9-11,25-26H,7-8,12-13H2,1H3. The molecule has 0 amide bonds. The Hall–Kier alpha value is -2.92. The molecule has 3 aromatic rings. The van der Waals surface area contributed by atoms with Crippen molar-refractivity contribution >= 4 is 0 Å². The predicted octanol–water partition coefficient (Wildman–Crippen LogP) is 3.42. The van der Waals surface area contributed by atoms with Gasteiger partial charge in [-0.05, 0) is 18.6 Å². The van der Waals surface area contributed by atoms with Crippen LogP contribution in [-0.4, -0.2) is 31.6 Å². The number of nitrogens with zero attached hydrogens (tertiary/aromatic N) is 3. The minimum Gasteiger partial charge on any atom is -0.508 e. The summed E-state index contributed by atoms with van der Waals surface area (Å²) in [4.78, 5) is 11.6. The molecule has 0 atom stereocenters. The first kappa shape index (κ1) is 16.5. The van der Waals surface area contributed by atoms with Gasteiger partial charge in [-0.3, -0.25) is 4.90 Å². The number of benzene rings is 2. The van der Waals surface area contributed by atoms with Crippen molar-refractivity contribution in [1.82, 2.24) is 14.9 Å². The first-order valence-corrected chi connectivity index (χ1v) is 8.74. The molecule has 0 unspecified atom stereocenters. The van der Waals surface area contributed by atoms with Gasteiger partial charge in [0.05, 0.1) is 5.69 Å². The first-order chi connectivity index (χ1) is 12.6. The number of aromatic nitrogens is 2. The largest absolute Gasteiger partial charge is 0.508 e. The zero-order chi connectivity index (χ0) is 18.1. The van der Waals surface area contributed by atoms with Gasteiger partial charge in [-0.2, -0.15) is 0 Å². The lowest BCUT2D eigenvalue weighted by Gasteiger charge is -2.28. The van der Waals surface area contributed by atoms with Gasteiger partial charge in [0, 0.05) is 55.0 Å². The van der Waals surface area contributed by atoms with E-state index in [1.54, 1.807) is 6.07 Å². The van der Waals surface area contributed by atoms with Gasteiger partial charge in [0.25, 0.3) is 0 Å². The van der Waals surface area contributed by atoms with Gasteiger partial charge in [-0.1, -0.05) is 30.3 Å². The summed E-state index contributed by atoms with van der Waals surface area (Å²) in [6.45, 7) is 4.17. The maximum atomic E-state index is 10.1. The smallest absolute Gasteiger partial charge is 0.159 e. The second kappa shape index (κ2) is 6.77. The van der Waals surface area contributed by atoms with E-state index in [0.717, 1.165) is 53.3 Å². The lowest BCUT2D eigenvalue weighted by Crippen LogP contribution is -2.31. The minimum atomic E-state index is 0.0922. The molecular weight excluding hydrogens is 326 g/mol. The van der Waals surface area contributed by atoms with E-state index < -0.39 is 0 Å². The summed E-state index contributed by atoms with van der Waals surface area (Å²) in [5.41, 5.74) is 5.01. The summed E-state index contributed by atoms with van der Waals surface area (Å²) in [7, 11) is 0. The summed E-state index contributed by atoms with van der Waals surface area (Å²) in [5.74, 6) is 1.00. The van der Waals surface area contributed by atoms with Gasteiger partial charge in [-0.25, -0.2) is 9.97 Å². The Kier molecular flexibility index (Phi) is 4.31. The molecule has 2 heterocycles. The fraction of sp³-hybridized carbons (Fsp3) is 0.238. The predicted molar refractivity (Wildman–Crippen MR) is 99.8 cm³/mol. The average molecular weight is 347 g/mol. The van der Waals surface area contributed by atoms with E-state index in [1.807, 2.05) is 43.5 Å². The molecule has 0 fully saturated rings. The number of hydrogen-bond acceptors (Lipinski definition) is 5. The summed E-state index contributed by atoms with van der Waals surface area (Å²) >= 11 is 0. The van der Waals surface area contributed by atoms with E-state index in [0.29, 0.717) is 6.54 Å². The molecule has 0 radical (unpaired) electrons. The van der Waals surface area contributed by atoms with Crippen molar-refractivity contribution in [2.24, 2.45) is 0 Å². The van der Waals surface area contributed by atoms with Crippen LogP contribution in [-0.2, 0) is 19.5 Å². The van der Waals surface area contributed by atoms with Crippen LogP contribution in [0.2, 0.25) is 0 Å². The van der Waals surface area contributed by atoms with Crippen molar-refractivity contribution < 1.29 is 10.2 Å². The lowest BCUT2D eigenvalue weighted by molar-refractivity contribution is 0.239. The van der Waals surface area contributed by atoms with Gasteiger partial charge < -0.3 is 10.2 Å². The second-order valence-corrected chi connectivity index (χ2v) is 6.75. The molecule has 2 aromatic carbocycles. The van der Waals surface area contributed by atoms with Gasteiger partial charge in [0.15, 0.2) is 5.82 Å². The van der Waals surface area contributed by atoms with Crippen LogP contribution in [0.3, 0.4) is 0 Å². The Morgan fingerprint density at radius 2 is 1.92 bits per heavy atom. The normalized spacial score (nSPS) is 14.2. The second-order valence-electron chi connectivity index (χ2n) is 6.75. The van der Waals surface area contributed by atoms with Crippen molar-refractivity contribution in [3.05, 3.63) is 71.0 Å². The van der Waals surface area contributed by atoms with Crippen LogP contribution < -0.4 is 0 Å². The number of phenols is 2. The van der Waals surface area contributed by atoms with E-state index in [2.05, 4.69) is 9.88 Å². The minimum absolute atomic E-state index is 0.0922. The van der Waals surface area contributed by atoms with Crippen LogP contribution in [0, 0.1) is 6.92 Å². The molecule has 0 saturated carbocycles. The number of hydrogen-bond donors (Lipinski definition) is 2. The number of fused-ring (bicyclic) bond motifs is 1. The summed E-state index contributed by atoms with van der Waals surface area (Å²) in [5, 5.41) is 19.7. The highest BCUT2D eigenvalue weighted by Crippen LogP contribution is 2.29. The molecule has 1 aliphatic heterocycles. The number of aromatic hydroxyl groups is 2. The highest BCUT2D eigenvalue weighted by atomic mass is 16.3. The number of phenolic OH excluding ortho intramolecular Hbond substituents is 2. The quantitative estimate of drug-likeness (QED) is 0.760. The Morgan fingerprint density at radius 1 is 1.12 bits per heavy atom. The Labute approximate surface area is 152 Å². The van der Waals surface area contributed by atoms with Crippen molar-refractivity contribution in [3.63, 3.8) is 0 Å². The zero-order valence-electron chi connectivity index (χ0n) is 14.7. The zero-order valence-corrected chi connectivity index (χ0v) is 14.7. The lowest BCUT2D eigenvalue weighted by atomic mass is 10.0. The van der Waals surface area contributed by atoms with Crippen LogP contribution in [0.5, 0.6) is 11.5 Å². The molecule has 0 bridgehead atoms. The molecule has 4 rings (SSSR count). The third kappa shape index (κ3) is 3.26. The van der Waals surface area contributed by atoms with E-state index >= 15 is 0 Å². The number of rotatable bonds is 3. The third-order valence-electron chi connectivity index (χ3n) is 4.86. The fourth-order valence-corrected chi connectivity index (χ4v) is 3.44. The highest BCUT2D eigenvalue weighted by molar-refractivity contribution is 5.54. The van der Waals surface area contributed by atoms with E-state index in [9.17, 15) is 10.2 Å². The highest BCUT2D eigenvalue weighted by Gasteiger charge is 2.20. The molecule has 0 spiro atoms. The Bertz CT molecular complexity index is 918. The van der Waals surface area contributed by atoms with Crippen LogP contribution in [0.1, 0.15) is 22.4 Å². The molecule has 2 N–H and O–H groups in total.